The molecule has 0 spiro atoms. The van der Waals surface area contributed by atoms with Gasteiger partial charge in [-0.05, 0) is 75.8 Å². The predicted molar refractivity (Wildman–Crippen MR) is 218 cm³/mol. The lowest BCUT2D eigenvalue weighted by Crippen LogP contribution is -2.55. The second-order valence-electron chi connectivity index (χ2n) is 14.5. The van der Waals surface area contributed by atoms with Crippen LogP contribution in [0.5, 0.6) is 5.75 Å². The number of thioether (sulfide) groups is 1. The number of nitrogens with one attached hydrogen (secondary N) is 4. The number of hydrogen-bond donors (Lipinski definition) is 6. The van der Waals surface area contributed by atoms with Gasteiger partial charge < -0.3 is 36.9 Å². The van der Waals surface area contributed by atoms with Crippen LogP contribution in [0, 0.1) is 20.8 Å². The summed E-state index contributed by atoms with van der Waals surface area (Å²) in [5.41, 5.74) is 15.7. The minimum absolute atomic E-state index is 0.0324. The van der Waals surface area contributed by atoms with E-state index in [0.717, 1.165) is 11.1 Å². The average Bonchev–Trinajstić information content (AvgIpc) is 3.68. The molecule has 0 aliphatic carbocycles. The van der Waals surface area contributed by atoms with E-state index in [1.54, 1.807) is 44.3 Å². The summed E-state index contributed by atoms with van der Waals surface area (Å²) >= 11 is 1.18. The van der Waals surface area contributed by atoms with Gasteiger partial charge >= 0.3 is 5.97 Å². The number of sulfonamides is 1. The van der Waals surface area contributed by atoms with Crippen LogP contribution in [-0.4, -0.2) is 98.1 Å². The Hall–Kier alpha value is -5.14. The molecule has 310 valence electrons. The maximum Gasteiger partial charge on any atom is 0.329 e. The van der Waals surface area contributed by atoms with Crippen LogP contribution in [0.2, 0.25) is 0 Å². The molecule has 0 fully saturated rings. The average molecular weight is 829 g/mol. The molecule has 0 saturated carbocycles. The van der Waals surface area contributed by atoms with Crippen LogP contribution in [-0.2, 0) is 51.6 Å². The summed E-state index contributed by atoms with van der Waals surface area (Å²) in [6.45, 7) is 10.6. The highest BCUT2D eigenvalue weighted by Gasteiger charge is 2.37. The van der Waals surface area contributed by atoms with Crippen molar-refractivity contribution in [2.75, 3.05) is 25.3 Å². The number of esters is 1. The number of rotatable bonds is 18. The van der Waals surface area contributed by atoms with E-state index < -0.39 is 51.5 Å². The molecule has 2 heterocycles. The number of aliphatic imine (C=N–C) groups is 1. The van der Waals surface area contributed by atoms with Gasteiger partial charge in [0.05, 0.1) is 29.4 Å². The number of hydrogen-bond acceptors (Lipinski definition) is 12. The fourth-order valence-electron chi connectivity index (χ4n) is 6.66. The summed E-state index contributed by atoms with van der Waals surface area (Å²) in [7, 11) is -2.94. The molecular weight excluding hydrogens is 777 g/mol. The fraction of sp³-hybridized carbons (Fsp3) is 0.474. The van der Waals surface area contributed by atoms with Gasteiger partial charge in [-0.15, -0.1) is 11.8 Å². The summed E-state index contributed by atoms with van der Waals surface area (Å²) in [6, 6.07) is 3.58. The Morgan fingerprint density at radius 3 is 2.42 bits per heavy atom. The molecular formula is C38H52N8O9S2. The molecule has 1 aliphatic rings. The number of methoxy groups -OCH3 is 1. The van der Waals surface area contributed by atoms with E-state index in [-0.39, 0.29) is 54.2 Å². The zero-order valence-corrected chi connectivity index (χ0v) is 34.8. The van der Waals surface area contributed by atoms with E-state index >= 15 is 0 Å². The van der Waals surface area contributed by atoms with Gasteiger partial charge in [0.1, 0.15) is 23.4 Å². The Kier molecular flexibility index (Phi) is 14.8. The number of amides is 3. The third-order valence-corrected chi connectivity index (χ3v) is 12.1. The van der Waals surface area contributed by atoms with Crippen molar-refractivity contribution in [2.45, 2.75) is 95.8 Å². The van der Waals surface area contributed by atoms with Crippen molar-refractivity contribution in [1.82, 2.24) is 25.2 Å². The second-order valence-corrected chi connectivity index (χ2v) is 17.1. The first-order valence-electron chi connectivity index (χ1n) is 18.2. The van der Waals surface area contributed by atoms with Crippen molar-refractivity contribution in [3.05, 3.63) is 58.3 Å². The zero-order chi connectivity index (χ0) is 42.2. The lowest BCUT2D eigenvalue weighted by atomic mass is 9.94. The van der Waals surface area contributed by atoms with E-state index in [1.807, 2.05) is 20.8 Å². The van der Waals surface area contributed by atoms with Crippen molar-refractivity contribution in [3.8, 4) is 5.75 Å². The van der Waals surface area contributed by atoms with E-state index in [4.69, 9.17) is 20.9 Å². The van der Waals surface area contributed by atoms with Crippen molar-refractivity contribution in [1.29, 1.82) is 0 Å². The zero-order valence-electron chi connectivity index (χ0n) is 33.2. The number of nitrogens with two attached hydrogens (primary N) is 2. The van der Waals surface area contributed by atoms with Gasteiger partial charge in [-0.1, -0.05) is 18.2 Å². The van der Waals surface area contributed by atoms with E-state index in [1.165, 1.54) is 30.4 Å². The van der Waals surface area contributed by atoms with Crippen molar-refractivity contribution in [2.24, 2.45) is 16.5 Å². The van der Waals surface area contributed by atoms with Gasteiger partial charge in [0.15, 0.2) is 0 Å². The molecule has 0 unspecified atom stereocenters. The minimum atomic E-state index is -4.11. The summed E-state index contributed by atoms with van der Waals surface area (Å²) in [5.74, 6) is -1.76. The molecule has 3 aromatic rings. The van der Waals surface area contributed by atoms with Crippen LogP contribution in [0.1, 0.15) is 61.4 Å². The Morgan fingerprint density at radius 1 is 1.07 bits per heavy atom. The highest BCUT2D eigenvalue weighted by Crippen LogP contribution is 2.43. The van der Waals surface area contributed by atoms with Crippen LogP contribution in [0.15, 0.2) is 40.4 Å². The van der Waals surface area contributed by atoms with E-state index in [0.29, 0.717) is 46.2 Å². The number of nitrogens with zero attached hydrogens (tertiary/aromatic N) is 2. The number of para-hydroxylation sites is 1. The molecule has 1 aliphatic heterocycles. The molecule has 3 atom stereocenters. The van der Waals surface area contributed by atoms with Crippen LogP contribution >= 0.6 is 11.8 Å². The van der Waals surface area contributed by atoms with Gasteiger partial charge in [0.25, 0.3) is 10.0 Å². The molecule has 0 bridgehead atoms. The number of carbonyl (C=O) groups excluding carboxylic acids is 5. The Balaban J connectivity index is 1.44. The monoisotopic (exact) mass is 828 g/mol. The molecule has 0 saturated heterocycles. The molecule has 17 nitrogen and oxygen atoms in total. The Labute approximate surface area is 336 Å². The van der Waals surface area contributed by atoms with Crippen molar-refractivity contribution < 1.29 is 41.9 Å². The topological polar surface area (TPSA) is 255 Å². The molecule has 19 heteroatoms. The highest BCUT2D eigenvalue weighted by molar-refractivity contribution is 7.99. The molecule has 0 radical (unpaired) electrons. The highest BCUT2D eigenvalue weighted by atomic mass is 32.2. The van der Waals surface area contributed by atoms with Gasteiger partial charge in [-0.25, -0.2) is 17.9 Å². The largest absolute Gasteiger partial charge is 0.487 e. The normalized spacial score (nSPS) is 15.1. The van der Waals surface area contributed by atoms with Crippen molar-refractivity contribution in [3.63, 3.8) is 0 Å². The summed E-state index contributed by atoms with van der Waals surface area (Å²) in [4.78, 5) is 67.2. The van der Waals surface area contributed by atoms with E-state index in [9.17, 15) is 32.4 Å². The number of aromatic nitrogens is 1. The van der Waals surface area contributed by atoms with Crippen LogP contribution in [0.25, 0.3) is 10.9 Å². The van der Waals surface area contributed by atoms with Crippen LogP contribution < -0.4 is 36.9 Å². The minimum Gasteiger partial charge on any atom is -0.487 e. The summed E-state index contributed by atoms with van der Waals surface area (Å²) in [5, 5.41) is 8.60. The first-order chi connectivity index (χ1) is 26.8. The van der Waals surface area contributed by atoms with Crippen molar-refractivity contribution >= 4 is 68.7 Å². The van der Waals surface area contributed by atoms with Crippen LogP contribution in [0.3, 0.4) is 0 Å². The fourth-order valence-corrected chi connectivity index (χ4v) is 9.06. The second kappa shape index (κ2) is 18.9. The number of fused-ring (bicyclic) bond motifs is 2. The summed E-state index contributed by atoms with van der Waals surface area (Å²) in [6.07, 6.45) is 3.01. The smallest absolute Gasteiger partial charge is 0.329 e. The first-order valence-corrected chi connectivity index (χ1v) is 20.9. The maximum atomic E-state index is 13.8. The number of benzene rings is 2. The molecule has 8 N–H and O–H groups in total. The third-order valence-electron chi connectivity index (χ3n) is 9.60. The quantitative estimate of drug-likeness (QED) is 0.0265. The van der Waals surface area contributed by atoms with Gasteiger partial charge in [-0.2, -0.15) is 0 Å². The lowest BCUT2D eigenvalue weighted by molar-refractivity contribution is -0.144. The standard InChI is InChI=1S/C38H52N8O9S2/c1-21-22(2)33(23(3)27-16-38(5,6)55-32(21)27)57(52,53)45-37(40)41-14-10-12-28(39)34(49)43-29(15-25-17-46(20-47)31-13-9-8-11-26(25)31)35(50)44-30(36(51)54-7)18-56-19-42-24(4)48/h8-9,11,13,17,20,28-30H,10,12,14-16,18-19,39H2,1-7H3,(H,42,48)(H,43,49)(H,44,50)(H3,40,41,45)/t28-,29-,30-/m0/s1. The maximum absolute atomic E-state index is 13.8. The van der Waals surface area contributed by atoms with Gasteiger partial charge in [0, 0.05) is 49.2 Å². The molecule has 4 rings (SSSR count). The Morgan fingerprint density at radius 2 is 1.75 bits per heavy atom. The number of guanidine groups is 1. The number of carbonyl (C=O) groups is 5. The third kappa shape index (κ3) is 11.0. The van der Waals surface area contributed by atoms with E-state index in [2.05, 4.69) is 25.7 Å². The molecule has 1 aromatic heterocycles. The van der Waals surface area contributed by atoms with Gasteiger partial charge in [0.2, 0.25) is 30.1 Å². The Bertz CT molecular complexity index is 2170. The molecule has 2 aromatic carbocycles. The van der Waals surface area contributed by atoms with Crippen LogP contribution in [0.4, 0.5) is 0 Å². The number of ether oxygens (including phenoxy) is 2. The predicted octanol–water partition coefficient (Wildman–Crippen LogP) is 1.23. The molecule has 3 amide bonds. The lowest BCUT2D eigenvalue weighted by Gasteiger charge is -2.23. The SMILES string of the molecule is COC(=O)[C@H](CSCNC(C)=O)NC(=O)[C@H](Cc1cn(C=O)c2ccccc12)NC(=O)[C@@H](N)CCCN=C(N)NS(=O)(=O)c1c(C)c(C)c2c(c1C)CC(C)(C)O2. The molecule has 57 heavy (non-hydrogen) atoms. The van der Waals surface area contributed by atoms with Gasteiger partial charge in [-0.3, -0.25) is 28.7 Å². The summed E-state index contributed by atoms with van der Waals surface area (Å²) < 4.78 is 41.8. The first kappa shape index (κ1) is 44.6.